The number of rotatable bonds is 71. The first-order chi connectivity index (χ1) is 47.7. The molecule has 0 saturated heterocycles. The van der Waals surface area contributed by atoms with Gasteiger partial charge in [0.25, 0.3) is 0 Å². The van der Waals surface area contributed by atoms with Crippen molar-refractivity contribution in [3.05, 3.63) is 109 Å². The fourth-order valence-electron chi connectivity index (χ4n) is 9.89. The number of esters is 4. The SMILES string of the molecule is CC/C=C\C/C=C\C/C=C\C/C=C\CCCCCCCCC(=O)OCC(COP(=O)(O)OCC(O)COP(=O)(O)OCC(COC(=O)CCCCCCCCC/C=C\C/C=C\C/C=C\CC)OC(=O)CCCCCCC/C=C\CCCC)OC(=O)CCCCCCC/C=C\CCCC. The zero-order valence-electron chi connectivity index (χ0n) is 61.4. The van der Waals surface area contributed by atoms with Crippen LogP contribution in [0.3, 0.4) is 0 Å². The van der Waals surface area contributed by atoms with Crippen LogP contribution in [-0.4, -0.2) is 96.7 Å². The van der Waals surface area contributed by atoms with E-state index >= 15 is 0 Å². The number of hydrogen-bond acceptors (Lipinski definition) is 15. The van der Waals surface area contributed by atoms with E-state index < -0.39 is 97.5 Å². The van der Waals surface area contributed by atoms with Gasteiger partial charge in [0, 0.05) is 25.7 Å². The zero-order valence-corrected chi connectivity index (χ0v) is 63.2. The average Bonchev–Trinajstić information content (AvgIpc) is 1.03. The lowest BCUT2D eigenvalue weighted by Gasteiger charge is -2.21. The fraction of sp³-hybridized carbons (Fsp3) is 0.722. The summed E-state index contributed by atoms with van der Waals surface area (Å²) in [6.45, 7) is 4.53. The Bertz CT molecular complexity index is 2290. The Kier molecular flexibility index (Phi) is 68.0. The number of unbranched alkanes of at least 4 members (excludes halogenated alkanes) is 27. The van der Waals surface area contributed by atoms with Gasteiger partial charge in [-0.3, -0.25) is 37.3 Å². The molecule has 0 aliphatic carbocycles. The molecule has 5 unspecified atom stereocenters. The monoisotopic (exact) mass is 1420 g/mol. The van der Waals surface area contributed by atoms with Crippen molar-refractivity contribution in [2.24, 2.45) is 0 Å². The Hall–Kier alpha value is -4.28. The molecule has 0 rings (SSSR count). The lowest BCUT2D eigenvalue weighted by molar-refractivity contribution is -0.161. The molecule has 0 bridgehead atoms. The van der Waals surface area contributed by atoms with Crippen molar-refractivity contribution < 1.29 is 80.2 Å². The number of hydrogen-bond donors (Lipinski definition) is 3. The summed E-state index contributed by atoms with van der Waals surface area (Å²) in [6.07, 6.45) is 75.2. The van der Waals surface area contributed by atoms with Crippen LogP contribution in [0, 0.1) is 0 Å². The van der Waals surface area contributed by atoms with E-state index in [-0.39, 0.29) is 25.7 Å². The number of phosphoric acid groups is 2. The summed E-state index contributed by atoms with van der Waals surface area (Å²) in [5.41, 5.74) is 0. The van der Waals surface area contributed by atoms with Gasteiger partial charge >= 0.3 is 39.5 Å². The van der Waals surface area contributed by atoms with E-state index in [0.29, 0.717) is 25.7 Å². The average molecular weight is 1420 g/mol. The maximum absolute atomic E-state index is 13.1. The molecule has 0 fully saturated rings. The molecule has 3 N–H and O–H groups in total. The van der Waals surface area contributed by atoms with Crippen molar-refractivity contribution >= 4 is 39.5 Å². The summed E-state index contributed by atoms with van der Waals surface area (Å²) in [4.78, 5) is 72.8. The molecule has 0 aliphatic heterocycles. The predicted molar refractivity (Wildman–Crippen MR) is 399 cm³/mol. The number of phosphoric ester groups is 2. The van der Waals surface area contributed by atoms with Crippen LogP contribution in [0.5, 0.6) is 0 Å². The summed E-state index contributed by atoms with van der Waals surface area (Å²) in [5.74, 6) is -2.21. The van der Waals surface area contributed by atoms with E-state index in [0.717, 1.165) is 205 Å². The van der Waals surface area contributed by atoms with Crippen LogP contribution in [0.15, 0.2) is 109 Å². The van der Waals surface area contributed by atoms with E-state index in [9.17, 15) is 43.2 Å². The standard InChI is InChI=1S/C79H136O17P2/c1-5-9-13-17-21-25-29-31-33-35-36-38-40-42-46-48-52-56-60-64-77(82)90-70-75(96-79(84)66-62-58-54-50-44-28-24-20-16-12-8-4)72-94-98(87,88)92-68-73(80)67-91-97(85,86)93-71-74(95-78(83)65-61-57-53-49-43-27-23-19-15-11-7-3)69-89-76(81)63-59-55-51-47-45-41-39-37-34-32-30-26-22-18-14-10-6-2/h9-10,13-14,19-26,31-34,36,38,73-75,80H,5-8,11-12,15-18,27-30,35,37,39-72H2,1-4H3,(H,85,86)(H,87,88)/b13-9-,14-10-,23-19-,24-20-,25-21-,26-22-,33-31-,34-32-,38-36-. The molecule has 0 radical (unpaired) electrons. The zero-order chi connectivity index (χ0) is 71.8. The summed E-state index contributed by atoms with van der Waals surface area (Å²) in [5, 5.41) is 10.6. The molecule has 0 spiro atoms. The Morgan fingerprint density at radius 3 is 0.827 bits per heavy atom. The predicted octanol–water partition coefficient (Wildman–Crippen LogP) is 21.8. The third kappa shape index (κ3) is 70.2. The molecule has 0 aromatic heterocycles. The molecule has 0 amide bonds. The smallest absolute Gasteiger partial charge is 0.462 e. The molecule has 0 aromatic rings. The summed E-state index contributed by atoms with van der Waals surface area (Å²) < 4.78 is 68.4. The Balaban J connectivity index is 5.28. The first-order valence-electron chi connectivity index (χ1n) is 38.1. The molecular weight excluding hydrogens is 1280 g/mol. The molecule has 564 valence electrons. The van der Waals surface area contributed by atoms with E-state index in [4.69, 9.17) is 37.0 Å². The third-order valence-electron chi connectivity index (χ3n) is 15.7. The first-order valence-corrected chi connectivity index (χ1v) is 41.1. The number of carbonyl (C=O) groups excluding carboxylic acids is 4. The molecule has 0 saturated carbocycles. The van der Waals surface area contributed by atoms with Gasteiger partial charge < -0.3 is 33.8 Å². The van der Waals surface area contributed by atoms with Crippen LogP contribution in [0.25, 0.3) is 0 Å². The second-order valence-electron chi connectivity index (χ2n) is 25.2. The number of carbonyl (C=O) groups is 4. The largest absolute Gasteiger partial charge is 0.472 e. The number of ether oxygens (including phenoxy) is 4. The maximum atomic E-state index is 13.1. The van der Waals surface area contributed by atoms with Gasteiger partial charge in [-0.1, -0.05) is 259 Å². The van der Waals surface area contributed by atoms with Gasteiger partial charge in [0.05, 0.1) is 26.4 Å². The van der Waals surface area contributed by atoms with Gasteiger partial charge in [0.15, 0.2) is 12.2 Å². The molecule has 0 aromatic carbocycles. The fourth-order valence-corrected chi connectivity index (χ4v) is 11.5. The normalized spacial score (nSPS) is 14.6. The van der Waals surface area contributed by atoms with Gasteiger partial charge in [-0.25, -0.2) is 9.13 Å². The van der Waals surface area contributed by atoms with Gasteiger partial charge in [-0.15, -0.1) is 0 Å². The van der Waals surface area contributed by atoms with Gasteiger partial charge in [-0.2, -0.15) is 0 Å². The van der Waals surface area contributed by atoms with Crippen molar-refractivity contribution in [1.29, 1.82) is 0 Å². The Labute approximate surface area is 594 Å². The molecule has 0 heterocycles. The van der Waals surface area contributed by atoms with Crippen LogP contribution in [-0.2, 0) is 65.4 Å². The van der Waals surface area contributed by atoms with Gasteiger partial charge in [0.2, 0.25) is 0 Å². The highest BCUT2D eigenvalue weighted by atomic mass is 31.2. The van der Waals surface area contributed by atoms with Crippen LogP contribution in [0.1, 0.15) is 310 Å². The second kappa shape index (κ2) is 71.1. The van der Waals surface area contributed by atoms with E-state index in [1.165, 1.54) is 25.7 Å². The lowest BCUT2D eigenvalue weighted by atomic mass is 10.1. The van der Waals surface area contributed by atoms with E-state index in [2.05, 4.69) is 137 Å². The van der Waals surface area contributed by atoms with Crippen molar-refractivity contribution in [2.45, 2.75) is 329 Å². The van der Waals surface area contributed by atoms with Crippen molar-refractivity contribution in [1.82, 2.24) is 0 Å². The number of aliphatic hydroxyl groups is 1. The third-order valence-corrected chi connectivity index (χ3v) is 17.6. The summed E-state index contributed by atoms with van der Waals surface area (Å²) in [7, 11) is -9.95. The minimum Gasteiger partial charge on any atom is -0.462 e. The highest BCUT2D eigenvalue weighted by Crippen LogP contribution is 2.45. The van der Waals surface area contributed by atoms with Crippen LogP contribution >= 0.6 is 15.6 Å². The maximum Gasteiger partial charge on any atom is 0.472 e. The number of allylic oxidation sites excluding steroid dienone is 18. The van der Waals surface area contributed by atoms with Crippen molar-refractivity contribution in [2.75, 3.05) is 39.6 Å². The summed E-state index contributed by atoms with van der Waals surface area (Å²) >= 11 is 0. The Morgan fingerprint density at radius 1 is 0.296 bits per heavy atom. The van der Waals surface area contributed by atoms with Crippen LogP contribution in [0.4, 0.5) is 0 Å². The molecular formula is C79H136O17P2. The van der Waals surface area contributed by atoms with E-state index in [1.54, 1.807) is 0 Å². The second-order valence-corrected chi connectivity index (χ2v) is 28.1. The number of aliphatic hydroxyl groups excluding tert-OH is 1. The van der Waals surface area contributed by atoms with Crippen molar-refractivity contribution in [3.63, 3.8) is 0 Å². The molecule has 5 atom stereocenters. The van der Waals surface area contributed by atoms with E-state index in [1.807, 2.05) is 0 Å². The van der Waals surface area contributed by atoms with Gasteiger partial charge in [0.1, 0.15) is 19.3 Å². The highest BCUT2D eigenvalue weighted by Gasteiger charge is 2.30. The molecule has 17 nitrogen and oxygen atoms in total. The minimum atomic E-state index is -4.98. The lowest BCUT2D eigenvalue weighted by Crippen LogP contribution is -2.30. The van der Waals surface area contributed by atoms with Crippen LogP contribution < -0.4 is 0 Å². The highest BCUT2D eigenvalue weighted by molar-refractivity contribution is 7.47. The first kappa shape index (κ1) is 93.7. The minimum absolute atomic E-state index is 0.0801. The molecule has 0 aliphatic rings. The Morgan fingerprint density at radius 2 is 0.531 bits per heavy atom. The summed E-state index contributed by atoms with van der Waals surface area (Å²) in [6, 6.07) is 0. The van der Waals surface area contributed by atoms with Crippen molar-refractivity contribution in [3.8, 4) is 0 Å². The topological polar surface area (TPSA) is 237 Å². The molecule has 98 heavy (non-hydrogen) atoms. The quantitative estimate of drug-likeness (QED) is 0.0169. The van der Waals surface area contributed by atoms with Gasteiger partial charge in [-0.05, 0) is 135 Å². The van der Waals surface area contributed by atoms with Crippen LogP contribution in [0.2, 0.25) is 0 Å². The molecule has 19 heteroatoms.